The molecule has 6 aromatic rings. The lowest BCUT2D eigenvalue weighted by Gasteiger charge is -2.22. The maximum Gasteiger partial charge on any atom is 0.316 e. The van der Waals surface area contributed by atoms with Crippen LogP contribution in [-0.4, -0.2) is 31.1 Å². The summed E-state index contributed by atoms with van der Waals surface area (Å²) in [6.45, 7) is 4.32. The molecule has 41 heavy (non-hydrogen) atoms. The van der Waals surface area contributed by atoms with E-state index in [0.717, 1.165) is 38.8 Å². The summed E-state index contributed by atoms with van der Waals surface area (Å²) in [5.74, 6) is 0.576. The number of nitriles is 1. The second-order valence-electron chi connectivity index (χ2n) is 9.43. The molecule has 3 aromatic heterocycles. The minimum absolute atomic E-state index is 0.166. The molecule has 9 heteroatoms. The predicted octanol–water partition coefficient (Wildman–Crippen LogP) is 5.83. The zero-order valence-corrected chi connectivity index (χ0v) is 22.4. The Hall–Kier alpha value is -5.62. The Morgan fingerprint density at radius 2 is 1.78 bits per heavy atom. The molecule has 0 aliphatic carbocycles. The first-order chi connectivity index (χ1) is 20.1. The summed E-state index contributed by atoms with van der Waals surface area (Å²) in [6, 6.07) is 24.7. The first-order valence-corrected chi connectivity index (χ1v) is 13.2. The minimum Gasteiger partial charge on any atom is -0.464 e. The van der Waals surface area contributed by atoms with Crippen molar-refractivity contribution in [1.29, 1.82) is 5.26 Å². The van der Waals surface area contributed by atoms with E-state index in [4.69, 9.17) is 4.74 Å². The molecular formula is C32H25N7O2. The van der Waals surface area contributed by atoms with E-state index in [1.165, 1.54) is 6.33 Å². The number of pyridine rings is 1. The number of aromatic nitrogens is 5. The van der Waals surface area contributed by atoms with Crippen LogP contribution in [-0.2, 0) is 0 Å². The van der Waals surface area contributed by atoms with Crippen molar-refractivity contribution in [2.75, 3.05) is 11.9 Å². The van der Waals surface area contributed by atoms with Crippen LogP contribution in [0.25, 0.3) is 38.5 Å². The SMILES string of the molecule is CCOc1ncc(-c2cccc3cc(C(C)Nc4ncnc5ccc(C#N)cc45)n(-c4ccccc4)c(=O)c23)cn1. The fourth-order valence-electron chi connectivity index (χ4n) is 4.96. The Balaban J connectivity index is 1.52. The van der Waals surface area contributed by atoms with Crippen molar-refractivity contribution in [2.24, 2.45) is 0 Å². The summed E-state index contributed by atoms with van der Waals surface area (Å²) in [7, 11) is 0. The van der Waals surface area contributed by atoms with Crippen molar-refractivity contribution in [3.63, 3.8) is 0 Å². The van der Waals surface area contributed by atoms with Crippen molar-refractivity contribution in [3.05, 3.63) is 113 Å². The number of nitrogens with one attached hydrogen (secondary N) is 1. The van der Waals surface area contributed by atoms with Crippen LogP contribution in [0.2, 0.25) is 0 Å². The van der Waals surface area contributed by atoms with Gasteiger partial charge in [-0.3, -0.25) is 9.36 Å². The Labute approximate surface area is 235 Å². The molecular weight excluding hydrogens is 514 g/mol. The molecule has 0 aliphatic heterocycles. The second-order valence-corrected chi connectivity index (χ2v) is 9.43. The number of rotatable bonds is 7. The lowest BCUT2D eigenvalue weighted by atomic mass is 9.99. The Kier molecular flexibility index (Phi) is 6.80. The predicted molar refractivity (Wildman–Crippen MR) is 158 cm³/mol. The van der Waals surface area contributed by atoms with Crippen LogP contribution in [0, 0.1) is 11.3 Å². The van der Waals surface area contributed by atoms with E-state index in [1.54, 1.807) is 35.2 Å². The standard InChI is InChI=1S/C32H25N7O2/c1-3-41-32-34-17-23(18-35-32)25-11-7-8-22-15-28(39(31(40)29(22)25)24-9-5-4-6-10-24)20(2)38-30-26-14-21(16-33)12-13-27(26)36-19-37-30/h4-15,17-20H,3H2,1-2H3,(H,36,37,38). The molecule has 0 saturated carbocycles. The fraction of sp³-hybridized carbons (Fsp3) is 0.125. The molecule has 6 rings (SSSR count). The average molecular weight is 540 g/mol. The third-order valence-corrected chi connectivity index (χ3v) is 6.86. The van der Waals surface area contributed by atoms with Gasteiger partial charge in [-0.15, -0.1) is 0 Å². The van der Waals surface area contributed by atoms with Gasteiger partial charge in [0.05, 0.1) is 35.2 Å². The van der Waals surface area contributed by atoms with E-state index < -0.39 is 0 Å². The number of para-hydroxylation sites is 1. The molecule has 9 nitrogen and oxygen atoms in total. The van der Waals surface area contributed by atoms with Crippen LogP contribution in [0.1, 0.15) is 31.1 Å². The van der Waals surface area contributed by atoms with Gasteiger partial charge in [0.2, 0.25) is 0 Å². The van der Waals surface area contributed by atoms with Crippen LogP contribution in [0.3, 0.4) is 0 Å². The number of ether oxygens (including phenoxy) is 1. The Bertz CT molecular complexity index is 1980. The van der Waals surface area contributed by atoms with Crippen LogP contribution >= 0.6 is 0 Å². The van der Waals surface area contributed by atoms with Crippen molar-refractivity contribution >= 4 is 27.5 Å². The van der Waals surface area contributed by atoms with E-state index >= 15 is 0 Å². The summed E-state index contributed by atoms with van der Waals surface area (Å²) in [4.78, 5) is 31.8. The zero-order chi connectivity index (χ0) is 28.3. The monoisotopic (exact) mass is 539 g/mol. The quantitative estimate of drug-likeness (QED) is 0.269. The minimum atomic E-state index is -0.339. The van der Waals surface area contributed by atoms with Gasteiger partial charge in [0.25, 0.3) is 5.56 Å². The van der Waals surface area contributed by atoms with Gasteiger partial charge in [-0.2, -0.15) is 5.26 Å². The van der Waals surface area contributed by atoms with E-state index in [1.807, 2.05) is 68.4 Å². The summed E-state index contributed by atoms with van der Waals surface area (Å²) >= 11 is 0. The molecule has 0 spiro atoms. The van der Waals surface area contributed by atoms with E-state index in [9.17, 15) is 10.1 Å². The molecule has 3 heterocycles. The zero-order valence-electron chi connectivity index (χ0n) is 22.4. The Morgan fingerprint density at radius 3 is 2.54 bits per heavy atom. The highest BCUT2D eigenvalue weighted by Crippen LogP contribution is 2.31. The normalized spacial score (nSPS) is 11.7. The molecule has 3 aromatic carbocycles. The van der Waals surface area contributed by atoms with Crippen LogP contribution in [0.5, 0.6) is 6.01 Å². The fourth-order valence-corrected chi connectivity index (χ4v) is 4.96. The van der Waals surface area contributed by atoms with Crippen LogP contribution in [0.4, 0.5) is 5.82 Å². The summed E-state index contributed by atoms with van der Waals surface area (Å²) in [5, 5.41) is 15.0. The third-order valence-electron chi connectivity index (χ3n) is 6.86. The molecule has 1 unspecified atom stereocenters. The smallest absolute Gasteiger partial charge is 0.316 e. The number of benzene rings is 3. The van der Waals surface area contributed by atoms with E-state index in [2.05, 4.69) is 31.3 Å². The molecule has 0 fully saturated rings. The second kappa shape index (κ2) is 10.9. The van der Waals surface area contributed by atoms with Crippen molar-refractivity contribution in [2.45, 2.75) is 19.9 Å². The highest BCUT2D eigenvalue weighted by Gasteiger charge is 2.20. The van der Waals surface area contributed by atoms with Gasteiger partial charge in [-0.1, -0.05) is 36.4 Å². The molecule has 0 radical (unpaired) electrons. The first-order valence-electron chi connectivity index (χ1n) is 13.2. The molecule has 200 valence electrons. The number of nitrogens with zero attached hydrogens (tertiary/aromatic N) is 6. The lowest BCUT2D eigenvalue weighted by molar-refractivity contribution is 0.312. The molecule has 1 N–H and O–H groups in total. The van der Waals surface area contributed by atoms with Gasteiger partial charge in [-0.05, 0) is 61.2 Å². The molecule has 1 atom stereocenters. The van der Waals surface area contributed by atoms with Gasteiger partial charge in [-0.25, -0.2) is 19.9 Å². The van der Waals surface area contributed by atoms with Gasteiger partial charge in [0, 0.05) is 34.7 Å². The topological polar surface area (TPSA) is 119 Å². The molecule has 0 saturated heterocycles. The molecule has 0 amide bonds. The van der Waals surface area contributed by atoms with Gasteiger partial charge >= 0.3 is 6.01 Å². The lowest BCUT2D eigenvalue weighted by Crippen LogP contribution is -2.26. The van der Waals surface area contributed by atoms with Crippen LogP contribution in [0.15, 0.2) is 96.3 Å². The summed E-state index contributed by atoms with van der Waals surface area (Å²) in [6.07, 6.45) is 4.83. The number of anilines is 1. The average Bonchev–Trinajstić information content (AvgIpc) is 3.01. The maximum absolute atomic E-state index is 14.4. The summed E-state index contributed by atoms with van der Waals surface area (Å²) in [5.41, 5.74) is 4.00. The summed E-state index contributed by atoms with van der Waals surface area (Å²) < 4.78 is 7.12. The first kappa shape index (κ1) is 25.6. The number of hydrogen-bond acceptors (Lipinski definition) is 8. The Morgan fingerprint density at radius 1 is 0.976 bits per heavy atom. The highest BCUT2D eigenvalue weighted by molar-refractivity contribution is 5.96. The third kappa shape index (κ3) is 4.83. The van der Waals surface area contributed by atoms with Gasteiger partial charge < -0.3 is 10.1 Å². The molecule has 0 bridgehead atoms. The largest absolute Gasteiger partial charge is 0.464 e. The number of hydrogen-bond donors (Lipinski definition) is 1. The van der Waals surface area contributed by atoms with Crippen molar-refractivity contribution in [3.8, 4) is 28.9 Å². The highest BCUT2D eigenvalue weighted by atomic mass is 16.5. The number of fused-ring (bicyclic) bond motifs is 2. The van der Waals surface area contributed by atoms with Gasteiger partial charge in [0.15, 0.2) is 0 Å². The van der Waals surface area contributed by atoms with E-state index in [0.29, 0.717) is 29.4 Å². The van der Waals surface area contributed by atoms with Crippen molar-refractivity contribution in [1.82, 2.24) is 24.5 Å². The maximum atomic E-state index is 14.4. The molecule has 0 aliphatic rings. The van der Waals surface area contributed by atoms with Crippen LogP contribution < -0.4 is 15.6 Å². The van der Waals surface area contributed by atoms with Crippen molar-refractivity contribution < 1.29 is 4.74 Å². The van der Waals surface area contributed by atoms with E-state index in [-0.39, 0.29) is 11.6 Å². The van der Waals surface area contributed by atoms with Gasteiger partial charge in [0.1, 0.15) is 12.1 Å².